The Kier molecular flexibility index (Phi) is 4.03. The quantitative estimate of drug-likeness (QED) is 0.713. The van der Waals surface area contributed by atoms with Gasteiger partial charge in [-0.2, -0.15) is 0 Å². The van der Waals surface area contributed by atoms with E-state index in [0.717, 1.165) is 31.4 Å². The Hall–Kier alpha value is -2.62. The molecular weight excluding hydrogens is 303 g/mol. The molecule has 0 bridgehead atoms. The van der Waals surface area contributed by atoms with E-state index in [4.69, 9.17) is 4.74 Å². The van der Waals surface area contributed by atoms with Crippen LogP contribution in [0.15, 0.2) is 60.8 Å². The maximum absolute atomic E-state index is 13.7. The normalized spacial score (nSPS) is 15.6. The summed E-state index contributed by atoms with van der Waals surface area (Å²) in [6.45, 7) is 1.79. The van der Waals surface area contributed by atoms with Crippen molar-refractivity contribution in [1.82, 2.24) is 4.98 Å². The first-order chi connectivity index (χ1) is 11.8. The summed E-state index contributed by atoms with van der Waals surface area (Å²) in [6, 6.07) is 16.9. The summed E-state index contributed by atoms with van der Waals surface area (Å²) in [5, 5.41) is 1.17. The molecule has 0 saturated carbocycles. The van der Waals surface area contributed by atoms with Gasteiger partial charge in [-0.3, -0.25) is 4.98 Å². The minimum Gasteiger partial charge on any atom is -0.487 e. The lowest BCUT2D eigenvalue weighted by molar-refractivity contribution is 0.164. The smallest absolute Gasteiger partial charge is 0.165 e. The van der Waals surface area contributed by atoms with E-state index in [9.17, 15) is 4.39 Å². The molecule has 0 amide bonds. The van der Waals surface area contributed by atoms with Crippen molar-refractivity contribution in [2.24, 2.45) is 0 Å². The summed E-state index contributed by atoms with van der Waals surface area (Å²) in [7, 11) is 0. The van der Waals surface area contributed by atoms with Crippen LogP contribution in [-0.2, 0) is 0 Å². The van der Waals surface area contributed by atoms with E-state index in [2.05, 4.69) is 22.0 Å². The molecule has 1 aliphatic rings. The van der Waals surface area contributed by atoms with Crippen molar-refractivity contribution in [3.05, 3.63) is 66.6 Å². The van der Waals surface area contributed by atoms with Gasteiger partial charge < -0.3 is 9.64 Å². The van der Waals surface area contributed by atoms with E-state index in [-0.39, 0.29) is 11.9 Å². The molecule has 24 heavy (non-hydrogen) atoms. The Labute approximate surface area is 140 Å². The Bertz CT molecular complexity index is 838. The van der Waals surface area contributed by atoms with Gasteiger partial charge in [0.2, 0.25) is 0 Å². The lowest BCUT2D eigenvalue weighted by atomic mass is 10.1. The number of piperidine rings is 1. The lowest BCUT2D eigenvalue weighted by Crippen LogP contribution is -2.38. The highest BCUT2D eigenvalue weighted by molar-refractivity contribution is 5.91. The van der Waals surface area contributed by atoms with Crippen LogP contribution in [0.25, 0.3) is 10.9 Å². The van der Waals surface area contributed by atoms with Crippen molar-refractivity contribution in [2.45, 2.75) is 18.9 Å². The maximum atomic E-state index is 13.7. The average molecular weight is 322 g/mol. The second kappa shape index (κ2) is 6.48. The van der Waals surface area contributed by atoms with Crippen LogP contribution in [0.1, 0.15) is 12.8 Å². The van der Waals surface area contributed by atoms with Crippen molar-refractivity contribution in [3.63, 3.8) is 0 Å². The molecule has 4 rings (SSSR count). The van der Waals surface area contributed by atoms with E-state index in [0.29, 0.717) is 5.75 Å². The number of pyridine rings is 1. The van der Waals surface area contributed by atoms with Gasteiger partial charge >= 0.3 is 0 Å². The molecule has 1 aromatic heterocycles. The number of halogens is 1. The Morgan fingerprint density at radius 1 is 0.958 bits per heavy atom. The van der Waals surface area contributed by atoms with Crippen molar-refractivity contribution in [3.8, 4) is 5.75 Å². The molecule has 122 valence electrons. The standard InChI is InChI=1S/C20H19FN2O/c21-17-6-2-4-8-20(17)24-15-10-13-23(14-11-15)19-9-12-22-18-7-3-1-5-16(18)19/h1-9,12,15H,10-11,13-14H2. The van der Waals surface area contributed by atoms with Crippen LogP contribution >= 0.6 is 0 Å². The minimum atomic E-state index is -0.292. The number of para-hydroxylation sites is 2. The molecular formula is C20H19FN2O. The zero-order chi connectivity index (χ0) is 16.4. The van der Waals surface area contributed by atoms with Crippen LogP contribution in [0, 0.1) is 5.82 Å². The third-order valence-corrected chi connectivity index (χ3v) is 4.54. The van der Waals surface area contributed by atoms with Crippen molar-refractivity contribution < 1.29 is 9.13 Å². The molecule has 0 spiro atoms. The van der Waals surface area contributed by atoms with E-state index in [1.807, 2.05) is 24.4 Å². The van der Waals surface area contributed by atoms with Crippen molar-refractivity contribution in [2.75, 3.05) is 18.0 Å². The highest BCUT2D eigenvalue weighted by Gasteiger charge is 2.22. The van der Waals surface area contributed by atoms with Gasteiger partial charge in [0, 0.05) is 43.2 Å². The van der Waals surface area contributed by atoms with Crippen LogP contribution in [0.2, 0.25) is 0 Å². The highest BCUT2D eigenvalue weighted by Crippen LogP contribution is 2.29. The van der Waals surface area contributed by atoms with E-state index in [1.165, 1.54) is 17.1 Å². The van der Waals surface area contributed by atoms with Crippen LogP contribution in [-0.4, -0.2) is 24.2 Å². The van der Waals surface area contributed by atoms with Gasteiger partial charge in [0.1, 0.15) is 6.10 Å². The number of hydrogen-bond donors (Lipinski definition) is 0. The SMILES string of the molecule is Fc1ccccc1OC1CCN(c2ccnc3ccccc23)CC1. The van der Waals surface area contributed by atoms with E-state index in [1.54, 1.807) is 18.2 Å². The molecule has 3 nitrogen and oxygen atoms in total. The summed E-state index contributed by atoms with van der Waals surface area (Å²) in [5.41, 5.74) is 2.23. The molecule has 4 heteroatoms. The van der Waals surface area contributed by atoms with Gasteiger partial charge in [0.25, 0.3) is 0 Å². The average Bonchev–Trinajstić information content (AvgIpc) is 2.64. The molecule has 0 aliphatic carbocycles. The summed E-state index contributed by atoms with van der Waals surface area (Å²) >= 11 is 0. The third-order valence-electron chi connectivity index (χ3n) is 4.54. The number of nitrogens with zero attached hydrogens (tertiary/aromatic N) is 2. The van der Waals surface area contributed by atoms with Gasteiger partial charge in [0.05, 0.1) is 5.52 Å². The molecule has 1 fully saturated rings. The summed E-state index contributed by atoms with van der Waals surface area (Å²) in [5.74, 6) is 0.0605. The topological polar surface area (TPSA) is 25.4 Å². The van der Waals surface area contributed by atoms with Gasteiger partial charge in [0.15, 0.2) is 11.6 Å². The van der Waals surface area contributed by atoms with E-state index < -0.39 is 0 Å². The van der Waals surface area contributed by atoms with Gasteiger partial charge in [-0.05, 0) is 24.3 Å². The largest absolute Gasteiger partial charge is 0.487 e. The highest BCUT2D eigenvalue weighted by atomic mass is 19.1. The maximum Gasteiger partial charge on any atom is 0.165 e. The van der Waals surface area contributed by atoms with Gasteiger partial charge in [-0.25, -0.2) is 4.39 Å². The number of benzene rings is 2. The van der Waals surface area contributed by atoms with Crippen LogP contribution < -0.4 is 9.64 Å². The fraction of sp³-hybridized carbons (Fsp3) is 0.250. The predicted octanol–water partition coefficient (Wildman–Crippen LogP) is 4.42. The van der Waals surface area contributed by atoms with Crippen molar-refractivity contribution >= 4 is 16.6 Å². The summed E-state index contributed by atoms with van der Waals surface area (Å²) < 4.78 is 19.6. The number of rotatable bonds is 3. The Morgan fingerprint density at radius 2 is 1.71 bits per heavy atom. The lowest BCUT2D eigenvalue weighted by Gasteiger charge is -2.34. The van der Waals surface area contributed by atoms with E-state index >= 15 is 0 Å². The molecule has 1 saturated heterocycles. The van der Waals surface area contributed by atoms with Crippen LogP contribution in [0.5, 0.6) is 5.75 Å². The minimum absolute atomic E-state index is 0.0613. The molecule has 0 N–H and O–H groups in total. The Balaban J connectivity index is 1.47. The van der Waals surface area contributed by atoms with Gasteiger partial charge in [-0.1, -0.05) is 30.3 Å². The third kappa shape index (κ3) is 2.92. The molecule has 2 heterocycles. The monoisotopic (exact) mass is 322 g/mol. The first-order valence-electron chi connectivity index (χ1n) is 8.31. The zero-order valence-corrected chi connectivity index (χ0v) is 13.4. The zero-order valence-electron chi connectivity index (χ0n) is 13.4. The Morgan fingerprint density at radius 3 is 2.54 bits per heavy atom. The molecule has 1 aliphatic heterocycles. The first-order valence-corrected chi connectivity index (χ1v) is 8.31. The van der Waals surface area contributed by atoms with Crippen LogP contribution in [0.4, 0.5) is 10.1 Å². The number of hydrogen-bond acceptors (Lipinski definition) is 3. The van der Waals surface area contributed by atoms with Gasteiger partial charge in [-0.15, -0.1) is 0 Å². The second-order valence-corrected chi connectivity index (χ2v) is 6.08. The molecule has 0 atom stereocenters. The molecule has 3 aromatic rings. The molecule has 2 aromatic carbocycles. The summed E-state index contributed by atoms with van der Waals surface area (Å²) in [4.78, 5) is 6.79. The molecule has 0 radical (unpaired) electrons. The van der Waals surface area contributed by atoms with Crippen LogP contribution in [0.3, 0.4) is 0 Å². The number of anilines is 1. The fourth-order valence-electron chi connectivity index (χ4n) is 3.29. The predicted molar refractivity (Wildman–Crippen MR) is 94.0 cm³/mol. The second-order valence-electron chi connectivity index (χ2n) is 6.08. The molecule has 0 unspecified atom stereocenters. The van der Waals surface area contributed by atoms with Crippen molar-refractivity contribution in [1.29, 1.82) is 0 Å². The summed E-state index contributed by atoms with van der Waals surface area (Å²) in [6.07, 6.45) is 3.68. The number of aromatic nitrogens is 1. The first kappa shape index (κ1) is 14.9. The number of ether oxygens (including phenoxy) is 1. The fourth-order valence-corrected chi connectivity index (χ4v) is 3.29. The number of fused-ring (bicyclic) bond motifs is 1.